The number of aromatic nitrogens is 3. The number of fused-ring (bicyclic) bond motifs is 1. The van der Waals surface area contributed by atoms with Crippen LogP contribution in [0.4, 0.5) is 11.6 Å². The van der Waals surface area contributed by atoms with E-state index in [1.807, 2.05) is 0 Å². The van der Waals surface area contributed by atoms with Crippen molar-refractivity contribution < 1.29 is 9.32 Å². The van der Waals surface area contributed by atoms with Gasteiger partial charge >= 0.3 is 0 Å². The molecule has 1 fully saturated rings. The summed E-state index contributed by atoms with van der Waals surface area (Å²) >= 11 is 1.69. The first-order valence-electron chi connectivity index (χ1n) is 8.49. The lowest BCUT2D eigenvalue weighted by molar-refractivity contribution is -0.117. The molecule has 3 aromatic heterocycles. The van der Waals surface area contributed by atoms with E-state index in [0.717, 1.165) is 42.2 Å². The van der Waals surface area contributed by atoms with Gasteiger partial charge in [0.25, 0.3) is 0 Å². The van der Waals surface area contributed by atoms with E-state index in [1.165, 1.54) is 5.56 Å². The molecule has 0 spiro atoms. The van der Waals surface area contributed by atoms with Crippen molar-refractivity contribution in [3.05, 3.63) is 29.1 Å². The zero-order valence-electron chi connectivity index (χ0n) is 14.7. The van der Waals surface area contributed by atoms with Crippen molar-refractivity contribution in [3.8, 4) is 0 Å². The van der Waals surface area contributed by atoms with Gasteiger partial charge in [-0.2, -0.15) is 0 Å². The van der Waals surface area contributed by atoms with E-state index in [-0.39, 0.29) is 5.91 Å². The SMILES string of the molecule is Cc1cc(NC(=O)CN2CCN(c3ncnc4c(C)csc34)CC2)no1. The van der Waals surface area contributed by atoms with E-state index in [2.05, 4.69) is 42.5 Å². The number of rotatable bonds is 4. The Morgan fingerprint density at radius 3 is 2.81 bits per heavy atom. The van der Waals surface area contributed by atoms with Crippen molar-refractivity contribution in [2.45, 2.75) is 13.8 Å². The maximum absolute atomic E-state index is 12.2. The highest BCUT2D eigenvalue weighted by Crippen LogP contribution is 2.31. The molecule has 0 aliphatic carbocycles. The standard InChI is InChI=1S/C17H20N6O2S/c1-11-9-26-16-15(11)18-10-19-17(16)23-5-3-22(4-6-23)8-14(24)20-13-7-12(2)25-21-13/h7,9-10H,3-6,8H2,1-2H3,(H,20,21,24). The minimum absolute atomic E-state index is 0.0786. The van der Waals surface area contributed by atoms with Crippen molar-refractivity contribution in [3.63, 3.8) is 0 Å². The Balaban J connectivity index is 1.35. The van der Waals surface area contributed by atoms with Crippen molar-refractivity contribution in [1.82, 2.24) is 20.0 Å². The summed E-state index contributed by atoms with van der Waals surface area (Å²) in [6, 6.07) is 1.71. The number of nitrogens with zero attached hydrogens (tertiary/aromatic N) is 5. The summed E-state index contributed by atoms with van der Waals surface area (Å²) in [7, 11) is 0. The molecule has 8 nitrogen and oxygen atoms in total. The summed E-state index contributed by atoms with van der Waals surface area (Å²) < 4.78 is 6.10. The normalized spacial score (nSPS) is 15.5. The van der Waals surface area contributed by atoms with Crippen molar-refractivity contribution >= 4 is 39.1 Å². The molecule has 0 saturated carbocycles. The molecule has 4 heterocycles. The fourth-order valence-corrected chi connectivity index (χ4v) is 4.13. The fourth-order valence-electron chi connectivity index (χ4n) is 3.11. The number of carbonyl (C=O) groups excluding carboxylic acids is 1. The number of piperazine rings is 1. The highest BCUT2D eigenvalue weighted by molar-refractivity contribution is 7.18. The summed E-state index contributed by atoms with van der Waals surface area (Å²) in [5.41, 5.74) is 2.22. The van der Waals surface area contributed by atoms with E-state index < -0.39 is 0 Å². The predicted molar refractivity (Wildman–Crippen MR) is 101 cm³/mol. The highest BCUT2D eigenvalue weighted by Gasteiger charge is 2.22. The van der Waals surface area contributed by atoms with Gasteiger partial charge in [-0.25, -0.2) is 9.97 Å². The Kier molecular flexibility index (Phi) is 4.56. The van der Waals surface area contributed by atoms with E-state index in [4.69, 9.17) is 4.52 Å². The molecule has 1 aliphatic heterocycles. The quantitative estimate of drug-likeness (QED) is 0.750. The van der Waals surface area contributed by atoms with Crippen LogP contribution in [0.3, 0.4) is 0 Å². The van der Waals surface area contributed by atoms with Gasteiger partial charge in [0.1, 0.15) is 17.9 Å². The summed E-state index contributed by atoms with van der Waals surface area (Å²) in [6.07, 6.45) is 1.64. The lowest BCUT2D eigenvalue weighted by Crippen LogP contribution is -2.49. The number of amides is 1. The first-order valence-corrected chi connectivity index (χ1v) is 9.37. The van der Waals surface area contributed by atoms with Crippen LogP contribution in [0.2, 0.25) is 0 Å². The molecule has 1 saturated heterocycles. The predicted octanol–water partition coefficient (Wildman–Crippen LogP) is 2.06. The minimum Gasteiger partial charge on any atom is -0.360 e. The van der Waals surface area contributed by atoms with Crippen molar-refractivity contribution in [1.29, 1.82) is 0 Å². The lowest BCUT2D eigenvalue weighted by atomic mass is 10.2. The topological polar surface area (TPSA) is 87.4 Å². The summed E-state index contributed by atoms with van der Waals surface area (Å²) in [5, 5.41) is 8.67. The third-order valence-electron chi connectivity index (χ3n) is 4.45. The first-order chi connectivity index (χ1) is 12.6. The molecule has 0 aromatic carbocycles. The van der Waals surface area contributed by atoms with Gasteiger partial charge in [-0.05, 0) is 24.8 Å². The second-order valence-corrected chi connectivity index (χ2v) is 7.31. The summed E-state index contributed by atoms with van der Waals surface area (Å²) in [6.45, 7) is 7.49. The van der Waals surface area contributed by atoms with Crippen LogP contribution < -0.4 is 10.2 Å². The molecular weight excluding hydrogens is 352 g/mol. The number of hydrogen-bond acceptors (Lipinski definition) is 8. The molecule has 0 atom stereocenters. The Morgan fingerprint density at radius 1 is 1.27 bits per heavy atom. The maximum atomic E-state index is 12.2. The molecule has 1 N–H and O–H groups in total. The van der Waals surface area contributed by atoms with E-state index >= 15 is 0 Å². The van der Waals surface area contributed by atoms with Gasteiger partial charge in [0, 0.05) is 32.2 Å². The average Bonchev–Trinajstić information content (AvgIpc) is 3.21. The van der Waals surface area contributed by atoms with Gasteiger partial charge in [0.2, 0.25) is 5.91 Å². The molecule has 136 valence electrons. The zero-order chi connectivity index (χ0) is 18.1. The Bertz CT molecular complexity index is 928. The van der Waals surface area contributed by atoms with Gasteiger partial charge in [0.15, 0.2) is 5.82 Å². The molecule has 3 aromatic rings. The van der Waals surface area contributed by atoms with Crippen molar-refractivity contribution in [2.75, 3.05) is 42.9 Å². The highest BCUT2D eigenvalue weighted by atomic mass is 32.1. The van der Waals surface area contributed by atoms with Gasteiger partial charge in [-0.3, -0.25) is 9.69 Å². The van der Waals surface area contributed by atoms with Crippen LogP contribution in [-0.4, -0.2) is 58.7 Å². The van der Waals surface area contributed by atoms with Crippen LogP contribution in [0.25, 0.3) is 10.2 Å². The van der Waals surface area contributed by atoms with Gasteiger partial charge in [-0.15, -0.1) is 11.3 Å². The molecule has 9 heteroatoms. The summed E-state index contributed by atoms with van der Waals surface area (Å²) in [4.78, 5) is 25.4. The van der Waals surface area contributed by atoms with Crippen LogP contribution in [-0.2, 0) is 4.79 Å². The number of anilines is 2. The minimum atomic E-state index is -0.0786. The number of carbonyl (C=O) groups is 1. The molecule has 4 rings (SSSR count). The molecule has 1 aliphatic rings. The zero-order valence-corrected chi connectivity index (χ0v) is 15.5. The molecule has 0 unspecified atom stereocenters. The Labute approximate surface area is 154 Å². The largest absolute Gasteiger partial charge is 0.360 e. The van der Waals surface area contributed by atoms with Gasteiger partial charge in [0.05, 0.1) is 16.8 Å². The number of thiophene rings is 1. The van der Waals surface area contributed by atoms with Crippen LogP contribution in [0.5, 0.6) is 0 Å². The van der Waals surface area contributed by atoms with Crippen LogP contribution in [0.1, 0.15) is 11.3 Å². The van der Waals surface area contributed by atoms with E-state index in [1.54, 1.807) is 30.7 Å². The van der Waals surface area contributed by atoms with Gasteiger partial charge in [-0.1, -0.05) is 5.16 Å². The second kappa shape index (κ2) is 7.00. The number of hydrogen-bond donors (Lipinski definition) is 1. The van der Waals surface area contributed by atoms with Crippen LogP contribution >= 0.6 is 11.3 Å². The number of nitrogens with one attached hydrogen (secondary N) is 1. The van der Waals surface area contributed by atoms with E-state index in [9.17, 15) is 4.79 Å². The molecule has 26 heavy (non-hydrogen) atoms. The van der Waals surface area contributed by atoms with Crippen LogP contribution in [0, 0.1) is 13.8 Å². The smallest absolute Gasteiger partial charge is 0.239 e. The number of aryl methyl sites for hydroxylation is 2. The third-order valence-corrected chi connectivity index (χ3v) is 5.53. The van der Waals surface area contributed by atoms with Crippen molar-refractivity contribution in [2.24, 2.45) is 0 Å². The summed E-state index contributed by atoms with van der Waals surface area (Å²) in [5.74, 6) is 2.05. The lowest BCUT2D eigenvalue weighted by Gasteiger charge is -2.35. The second-order valence-electron chi connectivity index (χ2n) is 6.43. The molecule has 0 bridgehead atoms. The Morgan fingerprint density at radius 2 is 2.08 bits per heavy atom. The Hall–Kier alpha value is -2.52. The molecule has 0 radical (unpaired) electrons. The first kappa shape index (κ1) is 16.9. The monoisotopic (exact) mass is 372 g/mol. The molecule has 1 amide bonds. The third kappa shape index (κ3) is 3.40. The molecular formula is C17H20N6O2S. The van der Waals surface area contributed by atoms with Gasteiger partial charge < -0.3 is 14.7 Å². The fraction of sp³-hybridized carbons (Fsp3) is 0.412. The maximum Gasteiger partial charge on any atom is 0.239 e. The average molecular weight is 372 g/mol. The van der Waals surface area contributed by atoms with E-state index in [0.29, 0.717) is 18.1 Å². The van der Waals surface area contributed by atoms with Crippen LogP contribution in [0.15, 0.2) is 22.3 Å².